The van der Waals surface area contributed by atoms with E-state index in [0.717, 1.165) is 22.6 Å². The summed E-state index contributed by atoms with van der Waals surface area (Å²) in [6, 6.07) is 19.1. The summed E-state index contributed by atoms with van der Waals surface area (Å²) in [5.74, 6) is 0.834. The third-order valence-electron chi connectivity index (χ3n) is 4.58. The molecule has 0 fully saturated rings. The van der Waals surface area contributed by atoms with Crippen molar-refractivity contribution >= 4 is 35.0 Å². The molecule has 0 aliphatic carbocycles. The zero-order chi connectivity index (χ0) is 19.3. The van der Waals surface area contributed by atoms with Crippen LogP contribution in [0, 0.1) is 0 Å². The second-order valence-corrected chi connectivity index (χ2v) is 7.66. The fourth-order valence-electron chi connectivity index (χ4n) is 3.20. The molecule has 1 aromatic heterocycles. The Bertz CT molecular complexity index is 971. The van der Waals surface area contributed by atoms with Gasteiger partial charge in [0.25, 0.3) is 5.91 Å². The summed E-state index contributed by atoms with van der Waals surface area (Å²) in [7, 11) is 0. The van der Waals surface area contributed by atoms with Crippen molar-refractivity contribution in [1.29, 1.82) is 0 Å². The smallest absolute Gasteiger partial charge is 0.293 e. The van der Waals surface area contributed by atoms with Gasteiger partial charge in [0.15, 0.2) is 5.76 Å². The lowest BCUT2D eigenvalue weighted by molar-refractivity contribution is -0.115. The lowest BCUT2D eigenvalue weighted by Crippen LogP contribution is -2.28. The van der Waals surface area contributed by atoms with Crippen LogP contribution >= 0.6 is 11.8 Å². The number of benzene rings is 2. The molecule has 1 aliphatic rings. The van der Waals surface area contributed by atoms with Crippen LogP contribution < -0.4 is 10.2 Å². The fourth-order valence-corrected chi connectivity index (χ4v) is 4.08. The Balaban J connectivity index is 1.38. The van der Waals surface area contributed by atoms with Crippen molar-refractivity contribution < 1.29 is 14.0 Å². The van der Waals surface area contributed by atoms with Gasteiger partial charge in [-0.15, -0.1) is 11.8 Å². The predicted octanol–water partition coefficient (Wildman–Crippen LogP) is 4.60. The summed E-state index contributed by atoms with van der Waals surface area (Å²) in [4.78, 5) is 27.8. The number of carbonyl (C=O) groups is 2. The first-order valence-corrected chi connectivity index (χ1v) is 10.2. The molecular weight excluding hydrogens is 372 g/mol. The maximum Gasteiger partial charge on any atom is 0.293 e. The highest BCUT2D eigenvalue weighted by atomic mass is 32.2. The zero-order valence-corrected chi connectivity index (χ0v) is 16.1. The normalized spacial score (nSPS) is 12.6. The van der Waals surface area contributed by atoms with Gasteiger partial charge in [-0.3, -0.25) is 9.59 Å². The molecule has 2 amide bonds. The van der Waals surface area contributed by atoms with Gasteiger partial charge in [0.2, 0.25) is 5.91 Å². The second kappa shape index (κ2) is 8.35. The molecular formula is C22H20N2O3S. The van der Waals surface area contributed by atoms with Crippen LogP contribution in [0.2, 0.25) is 0 Å². The first kappa shape index (κ1) is 18.4. The van der Waals surface area contributed by atoms with E-state index in [2.05, 4.69) is 5.32 Å². The van der Waals surface area contributed by atoms with E-state index in [1.165, 1.54) is 6.26 Å². The van der Waals surface area contributed by atoms with Gasteiger partial charge in [-0.1, -0.05) is 24.3 Å². The third-order valence-corrected chi connectivity index (χ3v) is 5.60. The summed E-state index contributed by atoms with van der Waals surface area (Å²) in [5, 5.41) is 2.94. The second-order valence-electron chi connectivity index (χ2n) is 6.49. The van der Waals surface area contributed by atoms with Crippen molar-refractivity contribution in [2.45, 2.75) is 17.7 Å². The van der Waals surface area contributed by atoms with E-state index >= 15 is 0 Å². The first-order valence-electron chi connectivity index (χ1n) is 9.17. The maximum atomic E-state index is 12.6. The number of fused-ring (bicyclic) bond motifs is 1. The molecule has 5 nitrogen and oxygen atoms in total. The summed E-state index contributed by atoms with van der Waals surface area (Å²) in [5.41, 5.74) is 2.63. The number of thioether (sulfide) groups is 1. The van der Waals surface area contributed by atoms with Crippen molar-refractivity contribution in [3.8, 4) is 0 Å². The van der Waals surface area contributed by atoms with Crippen molar-refractivity contribution in [1.82, 2.24) is 0 Å². The zero-order valence-electron chi connectivity index (χ0n) is 15.3. The van der Waals surface area contributed by atoms with Crippen molar-refractivity contribution in [3.63, 3.8) is 0 Å². The van der Waals surface area contributed by atoms with Crippen LogP contribution in [0.1, 0.15) is 22.5 Å². The number of nitrogens with one attached hydrogen (secondary N) is 1. The molecule has 4 rings (SSSR count). The molecule has 0 saturated heterocycles. The van der Waals surface area contributed by atoms with E-state index < -0.39 is 0 Å². The van der Waals surface area contributed by atoms with E-state index in [9.17, 15) is 9.59 Å². The van der Waals surface area contributed by atoms with E-state index in [0.29, 0.717) is 30.2 Å². The molecule has 0 atom stereocenters. The molecule has 0 saturated carbocycles. The Hall–Kier alpha value is -2.99. The average Bonchev–Trinajstić information content (AvgIpc) is 3.38. The fraction of sp³-hybridized carbons (Fsp3) is 0.182. The molecule has 2 aromatic carbocycles. The van der Waals surface area contributed by atoms with Crippen LogP contribution in [-0.4, -0.2) is 24.1 Å². The van der Waals surface area contributed by atoms with Crippen LogP contribution in [0.25, 0.3) is 0 Å². The Morgan fingerprint density at radius 3 is 2.71 bits per heavy atom. The average molecular weight is 392 g/mol. The van der Waals surface area contributed by atoms with Crippen LogP contribution in [0.3, 0.4) is 0 Å². The lowest BCUT2D eigenvalue weighted by atomic mass is 10.1. The molecule has 142 valence electrons. The predicted molar refractivity (Wildman–Crippen MR) is 111 cm³/mol. The number of rotatable bonds is 6. The highest BCUT2D eigenvalue weighted by molar-refractivity contribution is 7.99. The van der Waals surface area contributed by atoms with Crippen LogP contribution in [0.15, 0.2) is 76.2 Å². The largest absolute Gasteiger partial charge is 0.459 e. The van der Waals surface area contributed by atoms with Crippen LogP contribution in [0.4, 0.5) is 11.4 Å². The minimum Gasteiger partial charge on any atom is -0.459 e. The molecule has 1 aliphatic heterocycles. The topological polar surface area (TPSA) is 62.6 Å². The number of anilines is 2. The number of furan rings is 1. The molecule has 0 spiro atoms. The van der Waals surface area contributed by atoms with Gasteiger partial charge in [-0.05, 0) is 48.4 Å². The molecule has 2 heterocycles. The highest BCUT2D eigenvalue weighted by Gasteiger charge is 2.27. The summed E-state index contributed by atoms with van der Waals surface area (Å²) in [6.07, 6.45) is 2.71. The van der Waals surface area contributed by atoms with Crippen LogP contribution in [0.5, 0.6) is 0 Å². The molecule has 3 aromatic rings. The lowest BCUT2D eigenvalue weighted by Gasteiger charge is -2.17. The van der Waals surface area contributed by atoms with E-state index in [1.807, 2.05) is 48.5 Å². The molecule has 6 heteroatoms. The van der Waals surface area contributed by atoms with Gasteiger partial charge in [-0.25, -0.2) is 0 Å². The maximum absolute atomic E-state index is 12.6. The highest BCUT2D eigenvalue weighted by Crippen LogP contribution is 2.32. The molecule has 0 bridgehead atoms. The van der Waals surface area contributed by atoms with Crippen LogP contribution in [-0.2, 0) is 11.2 Å². The molecule has 28 heavy (non-hydrogen) atoms. The van der Waals surface area contributed by atoms with E-state index in [-0.39, 0.29) is 11.8 Å². The molecule has 1 N–H and O–H groups in total. The third kappa shape index (κ3) is 4.12. The van der Waals surface area contributed by atoms with Gasteiger partial charge in [0, 0.05) is 35.0 Å². The van der Waals surface area contributed by atoms with E-state index in [1.54, 1.807) is 28.8 Å². The van der Waals surface area contributed by atoms with Gasteiger partial charge >= 0.3 is 0 Å². The minimum atomic E-state index is -0.161. The number of amides is 2. The standard InChI is InChI=1S/C22H20N2O3S/c25-21(11-14-28-18-5-2-1-3-6-18)23-17-9-8-16-10-12-24(19(16)15-17)22(26)20-7-4-13-27-20/h1-9,13,15H,10-12,14H2,(H,23,25). The summed E-state index contributed by atoms with van der Waals surface area (Å²) < 4.78 is 5.24. The first-order chi connectivity index (χ1) is 13.7. The van der Waals surface area contributed by atoms with E-state index in [4.69, 9.17) is 4.42 Å². The minimum absolute atomic E-state index is 0.0368. The number of hydrogen-bond acceptors (Lipinski definition) is 4. The Labute approximate surface area is 167 Å². The molecule has 0 radical (unpaired) electrons. The van der Waals surface area contributed by atoms with Crippen molar-refractivity contribution in [2.24, 2.45) is 0 Å². The Morgan fingerprint density at radius 1 is 1.07 bits per heavy atom. The van der Waals surface area contributed by atoms with Gasteiger partial charge in [-0.2, -0.15) is 0 Å². The van der Waals surface area contributed by atoms with Gasteiger partial charge in [0.05, 0.1) is 6.26 Å². The van der Waals surface area contributed by atoms with Crippen molar-refractivity contribution in [3.05, 3.63) is 78.3 Å². The van der Waals surface area contributed by atoms with Crippen molar-refractivity contribution in [2.75, 3.05) is 22.5 Å². The summed E-state index contributed by atoms with van der Waals surface area (Å²) in [6.45, 7) is 0.611. The quantitative estimate of drug-likeness (QED) is 0.623. The Kier molecular flexibility index (Phi) is 5.48. The number of nitrogens with zero attached hydrogens (tertiary/aromatic N) is 1. The van der Waals surface area contributed by atoms with Gasteiger partial charge in [0.1, 0.15) is 0 Å². The number of carbonyl (C=O) groups excluding carboxylic acids is 2. The van der Waals surface area contributed by atoms with Gasteiger partial charge < -0.3 is 14.6 Å². The number of hydrogen-bond donors (Lipinski definition) is 1. The Morgan fingerprint density at radius 2 is 1.93 bits per heavy atom. The SMILES string of the molecule is O=C(CCSc1ccccc1)Nc1ccc2c(c1)N(C(=O)c1ccco1)CC2. The summed E-state index contributed by atoms with van der Waals surface area (Å²) >= 11 is 1.66. The molecule has 0 unspecified atom stereocenters. The monoisotopic (exact) mass is 392 g/mol.